The molecule has 3 heteroatoms. The Labute approximate surface area is 117 Å². The van der Waals surface area contributed by atoms with Crippen molar-refractivity contribution in [3.63, 3.8) is 0 Å². The molecule has 2 fully saturated rings. The summed E-state index contributed by atoms with van der Waals surface area (Å²) >= 11 is 0. The highest BCUT2D eigenvalue weighted by molar-refractivity contribution is 5.80. The maximum Gasteiger partial charge on any atom is 0.226 e. The lowest BCUT2D eigenvalue weighted by Crippen LogP contribution is -2.53. The van der Waals surface area contributed by atoms with E-state index in [-0.39, 0.29) is 17.4 Å². The van der Waals surface area contributed by atoms with E-state index in [0.717, 1.165) is 25.8 Å². The Bertz CT molecular complexity index is 327. The normalized spacial score (nSPS) is 35.2. The molecule has 0 spiro atoms. The van der Waals surface area contributed by atoms with Gasteiger partial charge < -0.3 is 10.6 Å². The van der Waals surface area contributed by atoms with E-state index >= 15 is 0 Å². The molecular formula is C16H30N2O. The lowest BCUT2D eigenvalue weighted by Gasteiger charge is -2.44. The van der Waals surface area contributed by atoms with Gasteiger partial charge in [-0.05, 0) is 37.0 Å². The molecule has 1 aliphatic carbocycles. The average Bonchev–Trinajstić information content (AvgIpc) is 2.37. The summed E-state index contributed by atoms with van der Waals surface area (Å²) in [4.78, 5) is 15.0. The van der Waals surface area contributed by atoms with Gasteiger partial charge in [-0.15, -0.1) is 0 Å². The van der Waals surface area contributed by atoms with Gasteiger partial charge in [0.25, 0.3) is 0 Å². The quantitative estimate of drug-likeness (QED) is 0.835. The minimum Gasteiger partial charge on any atom is -0.338 e. The molecule has 2 N–H and O–H groups in total. The summed E-state index contributed by atoms with van der Waals surface area (Å²) in [7, 11) is 0. The summed E-state index contributed by atoms with van der Waals surface area (Å²) in [5, 5.41) is 0. The zero-order chi connectivity index (χ0) is 14.0. The monoisotopic (exact) mass is 266 g/mol. The van der Waals surface area contributed by atoms with Gasteiger partial charge in [-0.2, -0.15) is 0 Å². The molecule has 19 heavy (non-hydrogen) atoms. The van der Waals surface area contributed by atoms with Crippen LogP contribution in [-0.2, 0) is 4.79 Å². The van der Waals surface area contributed by atoms with E-state index in [2.05, 4.69) is 25.7 Å². The molecule has 3 unspecified atom stereocenters. The topological polar surface area (TPSA) is 46.3 Å². The molecule has 2 rings (SSSR count). The van der Waals surface area contributed by atoms with Gasteiger partial charge in [-0.1, -0.05) is 33.6 Å². The molecular weight excluding hydrogens is 236 g/mol. The van der Waals surface area contributed by atoms with Gasteiger partial charge in [-0.3, -0.25) is 4.79 Å². The highest BCUT2D eigenvalue weighted by Gasteiger charge is 2.41. The number of rotatable bonds is 2. The Hall–Kier alpha value is -0.570. The van der Waals surface area contributed by atoms with Crippen LogP contribution >= 0.6 is 0 Å². The van der Waals surface area contributed by atoms with Gasteiger partial charge in [0.2, 0.25) is 5.91 Å². The Balaban J connectivity index is 2.09. The van der Waals surface area contributed by atoms with Crippen LogP contribution in [0.25, 0.3) is 0 Å². The number of likely N-dealkylation sites (tertiary alicyclic amines) is 1. The minimum absolute atomic E-state index is 0.164. The average molecular weight is 266 g/mol. The summed E-state index contributed by atoms with van der Waals surface area (Å²) in [5.74, 6) is 1.30. The van der Waals surface area contributed by atoms with Gasteiger partial charge in [0, 0.05) is 25.0 Å². The van der Waals surface area contributed by atoms with Crippen LogP contribution in [0, 0.1) is 17.3 Å². The van der Waals surface area contributed by atoms with E-state index in [1.165, 1.54) is 19.3 Å². The fourth-order valence-electron chi connectivity index (χ4n) is 3.92. The van der Waals surface area contributed by atoms with Crippen LogP contribution in [0.15, 0.2) is 0 Å². The van der Waals surface area contributed by atoms with Crippen LogP contribution in [0.3, 0.4) is 0 Å². The second-order valence-electron chi connectivity index (χ2n) is 7.34. The Morgan fingerprint density at radius 2 is 2.05 bits per heavy atom. The van der Waals surface area contributed by atoms with Gasteiger partial charge >= 0.3 is 0 Å². The molecule has 1 aliphatic heterocycles. The first-order chi connectivity index (χ1) is 8.95. The summed E-state index contributed by atoms with van der Waals surface area (Å²) in [6.07, 6.45) is 6.94. The van der Waals surface area contributed by atoms with Gasteiger partial charge in [-0.25, -0.2) is 0 Å². The largest absolute Gasteiger partial charge is 0.338 e. The summed E-state index contributed by atoms with van der Waals surface area (Å²) < 4.78 is 0. The highest BCUT2D eigenvalue weighted by atomic mass is 16.2. The third kappa shape index (κ3) is 3.13. The number of piperidine rings is 1. The van der Waals surface area contributed by atoms with Gasteiger partial charge in [0.05, 0.1) is 0 Å². The first-order valence-corrected chi connectivity index (χ1v) is 7.96. The zero-order valence-electron chi connectivity index (χ0n) is 12.8. The van der Waals surface area contributed by atoms with E-state index in [9.17, 15) is 4.79 Å². The van der Waals surface area contributed by atoms with Crippen molar-refractivity contribution < 1.29 is 4.79 Å². The van der Waals surface area contributed by atoms with Crippen LogP contribution in [0.2, 0.25) is 0 Å². The molecule has 1 heterocycles. The van der Waals surface area contributed by atoms with Crippen molar-refractivity contribution >= 4 is 5.91 Å². The van der Waals surface area contributed by atoms with E-state index in [1.54, 1.807) is 0 Å². The Morgan fingerprint density at radius 1 is 1.32 bits per heavy atom. The Kier molecular flexibility index (Phi) is 4.54. The number of carbonyl (C=O) groups excluding carboxylic acids is 1. The lowest BCUT2D eigenvalue weighted by atomic mass is 9.68. The highest BCUT2D eigenvalue weighted by Crippen LogP contribution is 2.42. The van der Waals surface area contributed by atoms with Gasteiger partial charge in [0.1, 0.15) is 0 Å². The molecule has 0 bridgehead atoms. The van der Waals surface area contributed by atoms with Crippen LogP contribution < -0.4 is 5.73 Å². The van der Waals surface area contributed by atoms with Crippen molar-refractivity contribution in [2.45, 2.75) is 65.3 Å². The number of nitrogens with two attached hydrogens (primary N) is 1. The Morgan fingerprint density at radius 3 is 2.68 bits per heavy atom. The summed E-state index contributed by atoms with van der Waals surface area (Å²) in [6.45, 7) is 8.32. The molecule has 2 aliphatic rings. The smallest absolute Gasteiger partial charge is 0.226 e. The van der Waals surface area contributed by atoms with E-state index in [4.69, 9.17) is 5.73 Å². The predicted molar refractivity (Wildman–Crippen MR) is 78.7 cm³/mol. The molecule has 0 aromatic rings. The molecule has 0 aromatic heterocycles. The van der Waals surface area contributed by atoms with Crippen LogP contribution in [0.1, 0.15) is 59.3 Å². The standard InChI is InChI=1S/C16H30N2O/c1-12-7-9-18(13(10-12)11-17)15(19)14-6-4-5-8-16(14,2)3/h12-14H,4-11,17H2,1-3H3. The molecule has 0 aromatic carbocycles. The van der Waals surface area contributed by atoms with Gasteiger partial charge in [0.15, 0.2) is 0 Å². The second kappa shape index (κ2) is 5.82. The third-order valence-corrected chi connectivity index (χ3v) is 5.34. The molecule has 0 radical (unpaired) electrons. The number of hydrogen-bond acceptors (Lipinski definition) is 2. The molecule has 3 atom stereocenters. The number of hydrogen-bond donors (Lipinski definition) is 1. The summed E-state index contributed by atoms with van der Waals surface area (Å²) in [6, 6.07) is 0.272. The maximum absolute atomic E-state index is 12.9. The van der Waals surface area contributed by atoms with Crippen molar-refractivity contribution in [2.75, 3.05) is 13.1 Å². The molecule has 1 saturated carbocycles. The fraction of sp³-hybridized carbons (Fsp3) is 0.938. The third-order valence-electron chi connectivity index (χ3n) is 5.34. The first-order valence-electron chi connectivity index (χ1n) is 7.96. The van der Waals surface area contributed by atoms with Crippen molar-refractivity contribution in [1.82, 2.24) is 4.90 Å². The second-order valence-corrected chi connectivity index (χ2v) is 7.34. The number of carbonyl (C=O) groups is 1. The fourth-order valence-corrected chi connectivity index (χ4v) is 3.92. The lowest BCUT2D eigenvalue weighted by molar-refractivity contribution is -0.145. The number of amides is 1. The molecule has 1 amide bonds. The predicted octanol–water partition coefficient (Wildman–Crippen LogP) is 2.79. The van der Waals surface area contributed by atoms with Crippen LogP contribution in [0.5, 0.6) is 0 Å². The molecule has 110 valence electrons. The minimum atomic E-state index is 0.164. The van der Waals surface area contributed by atoms with E-state index in [0.29, 0.717) is 18.4 Å². The van der Waals surface area contributed by atoms with Crippen molar-refractivity contribution in [3.8, 4) is 0 Å². The van der Waals surface area contributed by atoms with Crippen molar-refractivity contribution in [3.05, 3.63) is 0 Å². The number of nitrogens with zero attached hydrogens (tertiary/aromatic N) is 1. The zero-order valence-corrected chi connectivity index (χ0v) is 12.8. The SMILES string of the molecule is CC1CCN(C(=O)C2CCCCC2(C)C)C(CN)C1. The molecule has 1 saturated heterocycles. The van der Waals surface area contributed by atoms with E-state index < -0.39 is 0 Å². The van der Waals surface area contributed by atoms with Crippen LogP contribution in [-0.4, -0.2) is 29.9 Å². The summed E-state index contributed by atoms with van der Waals surface area (Å²) in [5.41, 5.74) is 6.06. The van der Waals surface area contributed by atoms with Crippen LogP contribution in [0.4, 0.5) is 0 Å². The molecule has 3 nitrogen and oxygen atoms in total. The first kappa shape index (κ1) is 14.8. The van der Waals surface area contributed by atoms with Crippen molar-refractivity contribution in [2.24, 2.45) is 23.0 Å². The van der Waals surface area contributed by atoms with Crippen molar-refractivity contribution in [1.29, 1.82) is 0 Å². The van der Waals surface area contributed by atoms with E-state index in [1.807, 2.05) is 0 Å². The maximum atomic E-state index is 12.9.